The van der Waals surface area contributed by atoms with E-state index in [-0.39, 0.29) is 5.41 Å². The van der Waals surface area contributed by atoms with E-state index in [1.54, 1.807) is 0 Å². The Morgan fingerprint density at radius 3 is 2.87 bits per heavy atom. The van der Waals surface area contributed by atoms with Crippen LogP contribution in [0.25, 0.3) is 10.9 Å². The first-order chi connectivity index (χ1) is 7.33. The van der Waals surface area contributed by atoms with Crippen LogP contribution in [0.2, 0.25) is 0 Å². The van der Waals surface area contributed by atoms with Crippen molar-refractivity contribution in [2.45, 2.75) is 19.3 Å². The van der Waals surface area contributed by atoms with Crippen LogP contribution in [-0.4, -0.2) is 4.98 Å². The zero-order chi connectivity index (χ0) is 10.3. The molecule has 1 aliphatic rings. The van der Waals surface area contributed by atoms with E-state index in [0.29, 0.717) is 0 Å². The summed E-state index contributed by atoms with van der Waals surface area (Å²) in [5.74, 6) is 2.94. The lowest BCUT2D eigenvalue weighted by atomic mass is 9.97. The van der Waals surface area contributed by atoms with Crippen molar-refractivity contribution in [3.63, 3.8) is 0 Å². The number of aromatic nitrogens is 1. The number of aromatic amines is 1. The van der Waals surface area contributed by atoms with Gasteiger partial charge in [-0.2, -0.15) is 0 Å². The fraction of sp³-hybridized carbons (Fsp3) is 0.286. The van der Waals surface area contributed by atoms with Crippen LogP contribution in [0.1, 0.15) is 18.4 Å². The topological polar surface area (TPSA) is 15.8 Å². The highest BCUT2D eigenvalue weighted by molar-refractivity contribution is 5.83. The van der Waals surface area contributed by atoms with Gasteiger partial charge >= 0.3 is 0 Å². The van der Waals surface area contributed by atoms with Gasteiger partial charge in [-0.1, -0.05) is 24.1 Å². The Morgan fingerprint density at radius 1 is 1.33 bits per heavy atom. The highest BCUT2D eigenvalue weighted by Crippen LogP contribution is 2.48. The van der Waals surface area contributed by atoms with Gasteiger partial charge in [0, 0.05) is 22.5 Å². The van der Waals surface area contributed by atoms with Crippen LogP contribution in [0.3, 0.4) is 0 Å². The van der Waals surface area contributed by atoms with E-state index in [9.17, 15) is 0 Å². The predicted molar refractivity (Wildman–Crippen MR) is 62.5 cm³/mol. The van der Waals surface area contributed by atoms with E-state index >= 15 is 0 Å². The molecule has 1 aromatic carbocycles. The lowest BCUT2D eigenvalue weighted by molar-refractivity contribution is 0.680. The summed E-state index contributed by atoms with van der Waals surface area (Å²) in [5, 5.41) is 1.32. The Bertz CT molecular complexity index is 538. The third kappa shape index (κ3) is 1.34. The van der Waals surface area contributed by atoms with Gasteiger partial charge in [0.1, 0.15) is 0 Å². The molecule has 3 rings (SSSR count). The molecular weight excluding hydrogens is 182 g/mol. The molecule has 0 bridgehead atoms. The third-order valence-corrected chi connectivity index (χ3v) is 3.36. The second-order valence-electron chi connectivity index (χ2n) is 4.46. The van der Waals surface area contributed by atoms with Crippen molar-refractivity contribution in [3.05, 3.63) is 36.0 Å². The molecule has 1 nitrogen and oxygen atoms in total. The Balaban J connectivity index is 2.02. The smallest absolute Gasteiger partial charge is 0.0456 e. The second kappa shape index (κ2) is 2.90. The zero-order valence-electron chi connectivity index (χ0n) is 8.59. The van der Waals surface area contributed by atoms with Gasteiger partial charge in [0.2, 0.25) is 0 Å². The number of hydrogen-bond donors (Lipinski definition) is 1. The Kier molecular flexibility index (Phi) is 1.67. The van der Waals surface area contributed by atoms with Gasteiger partial charge in [-0.05, 0) is 30.9 Å². The van der Waals surface area contributed by atoms with Gasteiger partial charge in [0.15, 0.2) is 0 Å². The molecular formula is C14H13N. The number of nitrogens with one attached hydrogen (secondary N) is 1. The number of hydrogen-bond acceptors (Lipinski definition) is 0. The molecule has 15 heavy (non-hydrogen) atoms. The normalized spacial score (nSPS) is 17.5. The highest BCUT2D eigenvalue weighted by Gasteiger charge is 2.41. The Hall–Kier alpha value is -1.68. The molecule has 1 heteroatoms. The molecule has 0 spiro atoms. The molecule has 0 atom stereocenters. The standard InChI is InChI=1S/C14H13N/c1-2-14(7-8-14)9-11-10-15-13-6-4-3-5-12(11)13/h1,3-6,10,15H,7-9H2. The van der Waals surface area contributed by atoms with Crippen molar-refractivity contribution in [1.29, 1.82) is 0 Å². The third-order valence-electron chi connectivity index (χ3n) is 3.36. The summed E-state index contributed by atoms with van der Waals surface area (Å²) in [6, 6.07) is 8.40. The predicted octanol–water partition coefficient (Wildman–Crippen LogP) is 3.12. The molecule has 1 N–H and O–H groups in total. The zero-order valence-corrected chi connectivity index (χ0v) is 8.59. The molecule has 74 valence electrons. The van der Waals surface area contributed by atoms with Gasteiger partial charge in [-0.15, -0.1) is 6.42 Å². The van der Waals surface area contributed by atoms with Crippen LogP contribution in [0, 0.1) is 17.8 Å². The molecule has 0 radical (unpaired) electrons. The summed E-state index contributed by atoms with van der Waals surface area (Å²) in [5.41, 5.74) is 2.74. The van der Waals surface area contributed by atoms with E-state index in [1.165, 1.54) is 29.3 Å². The number of terminal acetylenes is 1. The summed E-state index contributed by atoms with van der Waals surface area (Å²) < 4.78 is 0. The first-order valence-electron chi connectivity index (χ1n) is 5.36. The fourth-order valence-corrected chi connectivity index (χ4v) is 2.17. The van der Waals surface area contributed by atoms with E-state index in [1.807, 2.05) is 0 Å². The summed E-state index contributed by atoms with van der Waals surface area (Å²) in [6.45, 7) is 0. The number of para-hydroxylation sites is 1. The van der Waals surface area contributed by atoms with Gasteiger partial charge in [-0.3, -0.25) is 0 Å². The van der Waals surface area contributed by atoms with E-state index < -0.39 is 0 Å². The molecule has 1 saturated carbocycles. The summed E-state index contributed by atoms with van der Waals surface area (Å²) >= 11 is 0. The van der Waals surface area contributed by atoms with Crippen molar-refractivity contribution in [2.75, 3.05) is 0 Å². The Morgan fingerprint density at radius 2 is 2.13 bits per heavy atom. The number of benzene rings is 1. The largest absolute Gasteiger partial charge is 0.361 e. The van der Waals surface area contributed by atoms with Crippen LogP contribution in [0.4, 0.5) is 0 Å². The van der Waals surface area contributed by atoms with E-state index in [4.69, 9.17) is 6.42 Å². The molecule has 1 aliphatic carbocycles. The SMILES string of the molecule is C#CC1(Cc2c[nH]c3ccccc23)CC1. The summed E-state index contributed by atoms with van der Waals surface area (Å²) in [6.07, 6.45) is 11.1. The lowest BCUT2D eigenvalue weighted by Gasteiger charge is -2.05. The number of rotatable bonds is 2. The quantitative estimate of drug-likeness (QED) is 0.709. The number of fused-ring (bicyclic) bond motifs is 1. The minimum atomic E-state index is 0.172. The van der Waals surface area contributed by atoms with Gasteiger partial charge in [0.05, 0.1) is 0 Å². The fourth-order valence-electron chi connectivity index (χ4n) is 2.17. The van der Waals surface area contributed by atoms with Crippen molar-refractivity contribution < 1.29 is 0 Å². The highest BCUT2D eigenvalue weighted by atomic mass is 14.7. The lowest BCUT2D eigenvalue weighted by Crippen LogP contribution is -2.00. The van der Waals surface area contributed by atoms with E-state index in [2.05, 4.69) is 41.4 Å². The minimum absolute atomic E-state index is 0.172. The maximum Gasteiger partial charge on any atom is 0.0456 e. The molecule has 1 aromatic heterocycles. The molecule has 1 heterocycles. The molecule has 1 fully saturated rings. The van der Waals surface area contributed by atoms with Crippen LogP contribution in [-0.2, 0) is 6.42 Å². The molecule has 0 amide bonds. The average molecular weight is 195 g/mol. The first-order valence-corrected chi connectivity index (χ1v) is 5.36. The minimum Gasteiger partial charge on any atom is -0.361 e. The van der Waals surface area contributed by atoms with Crippen LogP contribution >= 0.6 is 0 Å². The van der Waals surface area contributed by atoms with Gasteiger partial charge < -0.3 is 4.98 Å². The molecule has 0 aliphatic heterocycles. The van der Waals surface area contributed by atoms with Crippen molar-refractivity contribution in [2.24, 2.45) is 5.41 Å². The molecule has 2 aromatic rings. The maximum absolute atomic E-state index is 5.57. The second-order valence-corrected chi connectivity index (χ2v) is 4.46. The van der Waals surface area contributed by atoms with Crippen LogP contribution in [0.5, 0.6) is 0 Å². The van der Waals surface area contributed by atoms with Gasteiger partial charge in [-0.25, -0.2) is 0 Å². The summed E-state index contributed by atoms with van der Waals surface area (Å²) in [7, 11) is 0. The Labute approximate surface area is 89.5 Å². The van der Waals surface area contributed by atoms with Crippen molar-refractivity contribution in [1.82, 2.24) is 4.98 Å². The number of H-pyrrole nitrogens is 1. The van der Waals surface area contributed by atoms with Gasteiger partial charge in [0.25, 0.3) is 0 Å². The average Bonchev–Trinajstić information content (AvgIpc) is 2.95. The van der Waals surface area contributed by atoms with Crippen molar-refractivity contribution in [3.8, 4) is 12.3 Å². The molecule has 0 unspecified atom stereocenters. The van der Waals surface area contributed by atoms with Crippen molar-refractivity contribution >= 4 is 10.9 Å². The molecule has 0 saturated heterocycles. The first kappa shape index (κ1) is 8.61. The monoisotopic (exact) mass is 195 g/mol. The van der Waals surface area contributed by atoms with Crippen LogP contribution < -0.4 is 0 Å². The maximum atomic E-state index is 5.57. The summed E-state index contributed by atoms with van der Waals surface area (Å²) in [4.78, 5) is 3.29. The van der Waals surface area contributed by atoms with Crippen LogP contribution in [0.15, 0.2) is 30.5 Å². The van der Waals surface area contributed by atoms with E-state index in [0.717, 1.165) is 6.42 Å².